The molecule has 1 saturated heterocycles. The number of nitrogens with one attached hydrogen (secondary N) is 1. The molecule has 1 aliphatic rings. The summed E-state index contributed by atoms with van der Waals surface area (Å²) in [6.45, 7) is 3.02. The fraction of sp³-hybridized carbons (Fsp3) is 0.292. The molecule has 2 aromatic carbocycles. The predicted molar refractivity (Wildman–Crippen MR) is 115 cm³/mol. The van der Waals surface area contributed by atoms with E-state index in [-0.39, 0.29) is 0 Å². The van der Waals surface area contributed by atoms with Crippen molar-refractivity contribution in [1.29, 1.82) is 0 Å². The molecule has 0 atom stereocenters. The zero-order chi connectivity index (χ0) is 19.2. The lowest BCUT2D eigenvalue weighted by atomic mass is 10.0. The summed E-state index contributed by atoms with van der Waals surface area (Å²) >= 11 is 0. The molecule has 0 unspecified atom stereocenters. The van der Waals surface area contributed by atoms with Crippen molar-refractivity contribution in [3.05, 3.63) is 78.5 Å². The summed E-state index contributed by atoms with van der Waals surface area (Å²) in [6.07, 6.45) is 4.23. The van der Waals surface area contributed by atoms with Gasteiger partial charge in [0.05, 0.1) is 12.8 Å². The van der Waals surface area contributed by atoms with Gasteiger partial charge < -0.3 is 15.0 Å². The van der Waals surface area contributed by atoms with Crippen molar-refractivity contribution in [3.8, 4) is 17.0 Å². The monoisotopic (exact) mass is 373 g/mol. The second kappa shape index (κ2) is 8.89. The molecule has 4 rings (SSSR count). The lowest BCUT2D eigenvalue weighted by Gasteiger charge is -2.36. The van der Waals surface area contributed by atoms with Crippen molar-refractivity contribution in [2.24, 2.45) is 0 Å². The van der Waals surface area contributed by atoms with Crippen molar-refractivity contribution in [1.82, 2.24) is 10.3 Å². The third-order valence-electron chi connectivity index (χ3n) is 5.40. The Morgan fingerprint density at radius 2 is 1.75 bits per heavy atom. The topological polar surface area (TPSA) is 37.4 Å². The van der Waals surface area contributed by atoms with Crippen LogP contribution in [0.25, 0.3) is 11.3 Å². The second-order valence-corrected chi connectivity index (χ2v) is 7.22. The number of methoxy groups -OCH3 is 1. The van der Waals surface area contributed by atoms with Gasteiger partial charge in [-0.25, -0.2) is 0 Å². The van der Waals surface area contributed by atoms with Gasteiger partial charge in [0, 0.05) is 30.0 Å². The van der Waals surface area contributed by atoms with E-state index in [1.54, 1.807) is 7.11 Å². The zero-order valence-electron chi connectivity index (χ0n) is 16.3. The van der Waals surface area contributed by atoms with Crippen LogP contribution < -0.4 is 15.0 Å². The van der Waals surface area contributed by atoms with Crippen molar-refractivity contribution >= 4 is 5.69 Å². The highest BCUT2D eigenvalue weighted by Gasteiger charge is 2.22. The van der Waals surface area contributed by atoms with Crippen molar-refractivity contribution in [2.45, 2.75) is 25.4 Å². The van der Waals surface area contributed by atoms with Crippen LogP contribution in [0.4, 0.5) is 5.69 Å². The maximum Gasteiger partial charge on any atom is 0.119 e. The Bertz CT molecular complexity index is 874. The molecule has 28 heavy (non-hydrogen) atoms. The van der Waals surface area contributed by atoms with E-state index in [9.17, 15) is 0 Å². The number of hydrogen-bond donors (Lipinski definition) is 1. The van der Waals surface area contributed by atoms with E-state index in [4.69, 9.17) is 4.74 Å². The largest absolute Gasteiger partial charge is 0.497 e. The van der Waals surface area contributed by atoms with E-state index in [1.807, 2.05) is 24.4 Å². The summed E-state index contributed by atoms with van der Waals surface area (Å²) in [7, 11) is 1.71. The van der Waals surface area contributed by atoms with Gasteiger partial charge >= 0.3 is 0 Å². The number of benzene rings is 2. The third kappa shape index (κ3) is 4.34. The molecular weight excluding hydrogens is 346 g/mol. The minimum absolute atomic E-state index is 0.531. The number of rotatable bonds is 6. The van der Waals surface area contributed by atoms with Gasteiger partial charge in [0.1, 0.15) is 5.75 Å². The molecule has 1 aromatic heterocycles. The summed E-state index contributed by atoms with van der Waals surface area (Å²) in [5.41, 5.74) is 4.70. The summed E-state index contributed by atoms with van der Waals surface area (Å²) in [4.78, 5) is 7.11. The average molecular weight is 374 g/mol. The van der Waals surface area contributed by atoms with E-state index in [2.05, 4.69) is 63.7 Å². The fourth-order valence-electron chi connectivity index (χ4n) is 3.86. The number of hydrogen-bond acceptors (Lipinski definition) is 4. The molecule has 1 N–H and O–H groups in total. The second-order valence-electron chi connectivity index (χ2n) is 7.22. The van der Waals surface area contributed by atoms with E-state index in [0.29, 0.717) is 6.04 Å². The van der Waals surface area contributed by atoms with E-state index in [1.165, 1.54) is 11.3 Å². The molecule has 0 saturated carbocycles. The van der Waals surface area contributed by atoms with E-state index >= 15 is 0 Å². The van der Waals surface area contributed by atoms with Gasteiger partial charge in [0.2, 0.25) is 0 Å². The number of aromatic nitrogens is 1. The first-order chi connectivity index (χ1) is 13.8. The standard InChI is InChI=1S/C24H27N3O/c1-28-23-9-7-21(8-10-23)27(22-12-14-25-15-13-22)18-19-11-16-26-24(17-19)20-5-3-2-4-6-20/h2-11,16-17,22,25H,12-15,18H2,1H3. The fourth-order valence-corrected chi connectivity index (χ4v) is 3.86. The van der Waals surface area contributed by atoms with Crippen LogP contribution in [0.3, 0.4) is 0 Å². The van der Waals surface area contributed by atoms with Crippen LogP contribution in [0.5, 0.6) is 5.75 Å². The van der Waals surface area contributed by atoms with Crippen LogP contribution in [0.1, 0.15) is 18.4 Å². The smallest absolute Gasteiger partial charge is 0.119 e. The highest BCUT2D eigenvalue weighted by atomic mass is 16.5. The van der Waals surface area contributed by atoms with Crippen molar-refractivity contribution in [3.63, 3.8) is 0 Å². The molecule has 0 aliphatic carbocycles. The Morgan fingerprint density at radius 3 is 2.46 bits per heavy atom. The van der Waals surface area contributed by atoms with Gasteiger partial charge in [0.15, 0.2) is 0 Å². The first kappa shape index (κ1) is 18.5. The zero-order valence-corrected chi connectivity index (χ0v) is 16.3. The van der Waals surface area contributed by atoms with Crippen LogP contribution in [-0.4, -0.2) is 31.2 Å². The minimum Gasteiger partial charge on any atom is -0.497 e. The van der Waals surface area contributed by atoms with Gasteiger partial charge in [-0.1, -0.05) is 30.3 Å². The van der Waals surface area contributed by atoms with E-state index in [0.717, 1.165) is 49.5 Å². The predicted octanol–water partition coefficient (Wildman–Crippen LogP) is 4.52. The van der Waals surface area contributed by atoms with Gasteiger partial charge in [-0.3, -0.25) is 4.98 Å². The maximum absolute atomic E-state index is 5.34. The van der Waals surface area contributed by atoms with Gasteiger partial charge in [-0.2, -0.15) is 0 Å². The molecule has 4 heteroatoms. The third-order valence-corrected chi connectivity index (χ3v) is 5.40. The molecule has 0 bridgehead atoms. The van der Waals surface area contributed by atoms with Crippen molar-refractivity contribution < 1.29 is 4.74 Å². The van der Waals surface area contributed by atoms with Crippen LogP contribution in [0.2, 0.25) is 0 Å². The molecule has 0 amide bonds. The Kier molecular flexibility index (Phi) is 5.88. The normalized spacial score (nSPS) is 14.6. The first-order valence-corrected chi connectivity index (χ1v) is 9.95. The van der Waals surface area contributed by atoms with Crippen molar-refractivity contribution in [2.75, 3.05) is 25.1 Å². The maximum atomic E-state index is 5.34. The van der Waals surface area contributed by atoms with Crippen LogP contribution in [-0.2, 0) is 6.54 Å². The number of pyridine rings is 1. The Balaban J connectivity index is 1.61. The molecular formula is C24H27N3O. The minimum atomic E-state index is 0.531. The molecule has 144 valence electrons. The van der Waals surface area contributed by atoms with Gasteiger partial charge in [0.25, 0.3) is 0 Å². The molecule has 3 aromatic rings. The summed E-state index contributed by atoms with van der Waals surface area (Å²) in [5.74, 6) is 0.893. The number of anilines is 1. The Hall–Kier alpha value is -2.85. The number of piperidine rings is 1. The van der Waals surface area contributed by atoms with E-state index < -0.39 is 0 Å². The highest BCUT2D eigenvalue weighted by molar-refractivity contribution is 5.60. The van der Waals surface area contributed by atoms with Gasteiger partial charge in [-0.15, -0.1) is 0 Å². The lowest BCUT2D eigenvalue weighted by Crippen LogP contribution is -2.43. The number of ether oxygens (including phenoxy) is 1. The van der Waals surface area contributed by atoms with Crippen LogP contribution in [0.15, 0.2) is 72.9 Å². The highest BCUT2D eigenvalue weighted by Crippen LogP contribution is 2.27. The molecule has 0 spiro atoms. The summed E-state index contributed by atoms with van der Waals surface area (Å²) in [6, 6.07) is 23.7. The molecule has 1 aliphatic heterocycles. The molecule has 2 heterocycles. The van der Waals surface area contributed by atoms with Crippen LogP contribution in [0, 0.1) is 0 Å². The molecule has 1 fully saturated rings. The number of nitrogens with zero attached hydrogens (tertiary/aromatic N) is 2. The quantitative estimate of drug-likeness (QED) is 0.690. The first-order valence-electron chi connectivity index (χ1n) is 9.95. The summed E-state index contributed by atoms with van der Waals surface area (Å²) in [5, 5.41) is 3.48. The lowest BCUT2D eigenvalue weighted by molar-refractivity contribution is 0.413. The average Bonchev–Trinajstić information content (AvgIpc) is 2.79. The van der Waals surface area contributed by atoms with Crippen LogP contribution >= 0.6 is 0 Å². The molecule has 0 radical (unpaired) electrons. The SMILES string of the molecule is COc1ccc(N(Cc2ccnc(-c3ccccc3)c2)C2CCNCC2)cc1. The summed E-state index contributed by atoms with van der Waals surface area (Å²) < 4.78 is 5.34. The molecule has 4 nitrogen and oxygen atoms in total. The van der Waals surface area contributed by atoms with Gasteiger partial charge in [-0.05, 0) is 67.9 Å². The Labute approximate surface area is 167 Å². The Morgan fingerprint density at radius 1 is 1.00 bits per heavy atom.